The number of hydrogen-bond donors (Lipinski definition) is 1. The maximum Gasteiger partial charge on any atom is 0.234 e. The Morgan fingerprint density at radius 1 is 1.17 bits per heavy atom. The van der Waals surface area contributed by atoms with Gasteiger partial charge >= 0.3 is 0 Å². The molecule has 0 unspecified atom stereocenters. The number of carbonyl (C=O) groups excluding carboxylic acids is 1. The van der Waals surface area contributed by atoms with Gasteiger partial charge in [-0.3, -0.25) is 9.36 Å². The molecule has 0 aliphatic rings. The number of hydrogen-bond acceptors (Lipinski definition) is 4. The van der Waals surface area contributed by atoms with Gasteiger partial charge in [-0.15, -0.1) is 16.8 Å². The van der Waals surface area contributed by atoms with Gasteiger partial charge < -0.3 is 5.32 Å². The third-order valence-electron chi connectivity index (χ3n) is 4.19. The predicted molar refractivity (Wildman–Crippen MR) is 121 cm³/mol. The molecule has 0 saturated heterocycles. The summed E-state index contributed by atoms with van der Waals surface area (Å²) in [7, 11) is 0. The lowest BCUT2D eigenvalue weighted by molar-refractivity contribution is -0.113. The third-order valence-corrected chi connectivity index (χ3v) is 5.90. The van der Waals surface area contributed by atoms with Crippen molar-refractivity contribution in [3.63, 3.8) is 0 Å². The molecule has 0 fully saturated rings. The number of rotatable bonds is 7. The van der Waals surface area contributed by atoms with Gasteiger partial charge in [0.1, 0.15) is 0 Å². The lowest BCUT2D eigenvalue weighted by Crippen LogP contribution is -2.15. The molecule has 2 aromatic carbocycles. The van der Waals surface area contributed by atoms with Crippen molar-refractivity contribution in [3.05, 3.63) is 70.2 Å². The van der Waals surface area contributed by atoms with Gasteiger partial charge in [0, 0.05) is 17.8 Å². The molecule has 1 amide bonds. The van der Waals surface area contributed by atoms with Crippen LogP contribution in [0.5, 0.6) is 0 Å². The Morgan fingerprint density at radius 2 is 1.97 bits per heavy atom. The van der Waals surface area contributed by atoms with Gasteiger partial charge in [0.2, 0.25) is 5.91 Å². The summed E-state index contributed by atoms with van der Waals surface area (Å²) >= 11 is 13.5. The molecule has 3 rings (SSSR count). The number of allylic oxidation sites excluding steroid dienone is 1. The zero-order valence-corrected chi connectivity index (χ0v) is 18.4. The number of anilines is 1. The van der Waals surface area contributed by atoms with E-state index in [1.54, 1.807) is 18.2 Å². The van der Waals surface area contributed by atoms with Crippen LogP contribution >= 0.6 is 35.0 Å². The van der Waals surface area contributed by atoms with Crippen molar-refractivity contribution in [1.29, 1.82) is 0 Å². The lowest BCUT2D eigenvalue weighted by Gasteiger charge is -2.10. The molecule has 0 aliphatic carbocycles. The highest BCUT2D eigenvalue weighted by Crippen LogP contribution is 2.30. The minimum atomic E-state index is -0.105. The predicted octanol–water partition coefficient (Wildman–Crippen LogP) is 5.79. The highest BCUT2D eigenvalue weighted by molar-refractivity contribution is 7.99. The fourth-order valence-electron chi connectivity index (χ4n) is 2.81. The maximum absolute atomic E-state index is 12.4. The number of nitrogens with zero attached hydrogens (tertiary/aromatic N) is 3. The molecule has 1 aromatic heterocycles. The van der Waals surface area contributed by atoms with Crippen LogP contribution in [0.15, 0.2) is 54.2 Å². The number of thioether (sulfide) groups is 1. The van der Waals surface area contributed by atoms with Gasteiger partial charge in [-0.1, -0.05) is 58.7 Å². The normalized spacial score (nSPS) is 10.8. The highest BCUT2D eigenvalue weighted by Gasteiger charge is 2.16. The quantitative estimate of drug-likeness (QED) is 0.368. The molecule has 150 valence electrons. The second-order valence-electron chi connectivity index (χ2n) is 6.49. The van der Waals surface area contributed by atoms with E-state index < -0.39 is 0 Å². The number of benzene rings is 2. The van der Waals surface area contributed by atoms with Crippen LogP contribution in [0.3, 0.4) is 0 Å². The third kappa shape index (κ3) is 5.21. The van der Waals surface area contributed by atoms with Crippen LogP contribution in [0.1, 0.15) is 11.1 Å². The average Bonchev–Trinajstić information content (AvgIpc) is 3.07. The van der Waals surface area contributed by atoms with Crippen molar-refractivity contribution < 1.29 is 4.79 Å². The van der Waals surface area contributed by atoms with Gasteiger partial charge in [-0.05, 0) is 43.7 Å². The van der Waals surface area contributed by atoms with Crippen LogP contribution in [0.4, 0.5) is 5.69 Å². The average molecular weight is 447 g/mol. The van der Waals surface area contributed by atoms with E-state index in [1.165, 1.54) is 11.8 Å². The van der Waals surface area contributed by atoms with Crippen LogP contribution in [0.25, 0.3) is 11.4 Å². The van der Waals surface area contributed by atoms with Crippen molar-refractivity contribution >= 4 is 46.6 Å². The van der Waals surface area contributed by atoms with Crippen LogP contribution in [0.2, 0.25) is 10.0 Å². The minimum absolute atomic E-state index is 0.105. The van der Waals surface area contributed by atoms with Gasteiger partial charge in [0.05, 0.1) is 15.8 Å². The first kappa shape index (κ1) is 21.4. The molecule has 0 radical (unpaired) electrons. The van der Waals surface area contributed by atoms with Gasteiger partial charge in [-0.2, -0.15) is 0 Å². The Kier molecular flexibility index (Phi) is 7.00. The number of aryl methyl sites for hydroxylation is 2. The molecular formula is C21H20Cl2N4OS. The monoisotopic (exact) mass is 446 g/mol. The molecule has 5 nitrogen and oxygen atoms in total. The van der Waals surface area contributed by atoms with E-state index in [9.17, 15) is 4.79 Å². The minimum Gasteiger partial charge on any atom is -0.325 e. The number of halogens is 2. The van der Waals surface area contributed by atoms with E-state index in [0.717, 1.165) is 22.4 Å². The van der Waals surface area contributed by atoms with E-state index in [2.05, 4.69) is 22.1 Å². The summed E-state index contributed by atoms with van der Waals surface area (Å²) in [6.07, 6.45) is 1.75. The van der Waals surface area contributed by atoms with Gasteiger partial charge in [0.25, 0.3) is 0 Å². The SMILES string of the molecule is C=CCn1c(SCC(=O)Nc2ccc(C)cc2C)nnc1-c1ccc(Cl)c(Cl)c1. The summed E-state index contributed by atoms with van der Waals surface area (Å²) in [5.74, 6) is 0.746. The van der Waals surface area contributed by atoms with Crippen molar-refractivity contribution in [3.8, 4) is 11.4 Å². The van der Waals surface area contributed by atoms with E-state index in [4.69, 9.17) is 23.2 Å². The molecule has 1 N–H and O–H groups in total. The topological polar surface area (TPSA) is 59.8 Å². The molecule has 29 heavy (non-hydrogen) atoms. The standard InChI is InChI=1S/C21H20Cl2N4OS/c1-4-9-27-20(15-6-7-16(22)17(23)11-15)25-26-21(27)29-12-19(28)24-18-8-5-13(2)10-14(18)3/h4-8,10-11H,1,9,12H2,2-3H3,(H,24,28). The second-order valence-corrected chi connectivity index (χ2v) is 8.25. The molecule has 0 atom stereocenters. The number of carbonyl (C=O) groups is 1. The molecular weight excluding hydrogens is 427 g/mol. The number of nitrogens with one attached hydrogen (secondary N) is 1. The number of aromatic nitrogens is 3. The van der Waals surface area contributed by atoms with E-state index >= 15 is 0 Å². The summed E-state index contributed by atoms with van der Waals surface area (Å²) in [5, 5.41) is 13.0. The molecule has 1 heterocycles. The first-order valence-corrected chi connectivity index (χ1v) is 10.6. The van der Waals surface area contributed by atoms with E-state index in [-0.39, 0.29) is 11.7 Å². The highest BCUT2D eigenvalue weighted by atomic mass is 35.5. The second kappa shape index (κ2) is 9.48. The zero-order chi connectivity index (χ0) is 21.0. The fourth-order valence-corrected chi connectivity index (χ4v) is 3.85. The molecule has 0 saturated carbocycles. The molecule has 3 aromatic rings. The summed E-state index contributed by atoms with van der Waals surface area (Å²) in [6, 6.07) is 11.2. The molecule has 0 bridgehead atoms. The van der Waals surface area contributed by atoms with Crippen LogP contribution in [0, 0.1) is 13.8 Å². The Balaban J connectivity index is 1.75. The van der Waals surface area contributed by atoms with Gasteiger partial charge in [-0.25, -0.2) is 0 Å². The Morgan fingerprint density at radius 3 is 2.66 bits per heavy atom. The largest absolute Gasteiger partial charge is 0.325 e. The number of amides is 1. The summed E-state index contributed by atoms with van der Waals surface area (Å²) in [4.78, 5) is 12.4. The summed E-state index contributed by atoms with van der Waals surface area (Å²) in [6.45, 7) is 8.29. The Hall–Kier alpha value is -2.28. The first-order valence-electron chi connectivity index (χ1n) is 8.88. The fraction of sp³-hybridized carbons (Fsp3) is 0.190. The van der Waals surface area contributed by atoms with Crippen LogP contribution in [-0.2, 0) is 11.3 Å². The lowest BCUT2D eigenvalue weighted by atomic mass is 10.1. The van der Waals surface area contributed by atoms with E-state index in [0.29, 0.717) is 27.6 Å². The zero-order valence-electron chi connectivity index (χ0n) is 16.1. The molecule has 0 aliphatic heterocycles. The van der Waals surface area contributed by atoms with Gasteiger partial charge in [0.15, 0.2) is 11.0 Å². The van der Waals surface area contributed by atoms with E-state index in [1.807, 2.05) is 42.7 Å². The smallest absolute Gasteiger partial charge is 0.234 e. The van der Waals surface area contributed by atoms with Crippen LogP contribution < -0.4 is 5.32 Å². The first-order chi connectivity index (χ1) is 13.9. The van der Waals surface area contributed by atoms with Crippen molar-refractivity contribution in [1.82, 2.24) is 14.8 Å². The Bertz CT molecular complexity index is 1060. The maximum atomic E-state index is 12.4. The van der Waals surface area contributed by atoms with Crippen molar-refractivity contribution in [2.24, 2.45) is 0 Å². The molecule has 0 spiro atoms. The molecule has 8 heteroatoms. The van der Waals surface area contributed by atoms with Crippen molar-refractivity contribution in [2.75, 3.05) is 11.1 Å². The van der Waals surface area contributed by atoms with Crippen LogP contribution in [-0.4, -0.2) is 26.4 Å². The van der Waals surface area contributed by atoms with Crippen molar-refractivity contribution in [2.45, 2.75) is 25.5 Å². The Labute approximate surface area is 184 Å². The summed E-state index contributed by atoms with van der Waals surface area (Å²) < 4.78 is 1.89. The summed E-state index contributed by atoms with van der Waals surface area (Å²) in [5.41, 5.74) is 3.79.